The molecular formula is C24H19Br2NS. The van der Waals surface area contributed by atoms with Crippen LogP contribution in [0.1, 0.15) is 16.7 Å². The largest absolute Gasteiger partial charge is 0.361 e. The van der Waals surface area contributed by atoms with Gasteiger partial charge in [-0.1, -0.05) is 73.5 Å². The van der Waals surface area contributed by atoms with E-state index in [1.54, 1.807) is 0 Å². The Hall–Kier alpha value is -1.75. The van der Waals surface area contributed by atoms with Crippen LogP contribution in [0.2, 0.25) is 0 Å². The van der Waals surface area contributed by atoms with E-state index in [0.717, 1.165) is 20.9 Å². The van der Waals surface area contributed by atoms with E-state index in [2.05, 4.69) is 123 Å². The number of thioether (sulfide) groups is 1. The number of hydrogen-bond acceptors (Lipinski definition) is 1. The van der Waals surface area contributed by atoms with Crippen molar-refractivity contribution in [2.45, 2.75) is 18.2 Å². The topological polar surface area (TPSA) is 15.8 Å². The summed E-state index contributed by atoms with van der Waals surface area (Å²) < 4.78 is 2.20. The summed E-state index contributed by atoms with van der Waals surface area (Å²) in [6, 6.07) is 23.6. The van der Waals surface area contributed by atoms with Crippen molar-refractivity contribution in [1.29, 1.82) is 0 Å². The number of hydrogen-bond donors (Lipinski definition) is 1. The molecule has 3 aromatic carbocycles. The van der Waals surface area contributed by atoms with E-state index < -0.39 is 0 Å². The molecule has 0 aliphatic rings. The average molecular weight is 513 g/mol. The van der Waals surface area contributed by atoms with Gasteiger partial charge in [-0.3, -0.25) is 0 Å². The van der Waals surface area contributed by atoms with Gasteiger partial charge in [-0.05, 0) is 65.9 Å². The molecule has 1 heterocycles. The number of nitrogens with one attached hydrogen (secondary N) is 1. The van der Waals surface area contributed by atoms with E-state index >= 15 is 0 Å². The van der Waals surface area contributed by atoms with E-state index in [1.165, 1.54) is 31.9 Å². The Bertz CT molecular complexity index is 1080. The Balaban J connectivity index is 1.71. The predicted molar refractivity (Wildman–Crippen MR) is 129 cm³/mol. The van der Waals surface area contributed by atoms with Gasteiger partial charge in [0.25, 0.3) is 0 Å². The molecule has 1 nitrogen and oxygen atoms in total. The second-order valence-corrected chi connectivity index (χ2v) is 9.79. The normalized spacial score (nSPS) is 11.9. The first-order valence-electron chi connectivity index (χ1n) is 9.03. The molecule has 0 aliphatic heterocycles. The second-order valence-electron chi connectivity index (χ2n) is 6.76. The summed E-state index contributed by atoms with van der Waals surface area (Å²) in [6.07, 6.45) is 5.29. The van der Waals surface area contributed by atoms with E-state index in [-0.39, 0.29) is 0 Å². The SMILES string of the molecule is Cc1ccc(S/C(=C/c2c[nH]c3ccc(Br)cc23)Cc2ccc(Br)cc2)cc1. The highest BCUT2D eigenvalue weighted by atomic mass is 79.9. The third-order valence-corrected chi connectivity index (χ3v) is 6.61. The molecule has 0 saturated carbocycles. The number of H-pyrrole nitrogens is 1. The summed E-state index contributed by atoms with van der Waals surface area (Å²) in [5.74, 6) is 0. The third kappa shape index (κ3) is 4.80. The summed E-state index contributed by atoms with van der Waals surface area (Å²) in [7, 11) is 0. The highest BCUT2D eigenvalue weighted by Crippen LogP contribution is 2.33. The molecule has 0 amide bonds. The lowest BCUT2D eigenvalue weighted by Crippen LogP contribution is -1.88. The Morgan fingerprint density at radius 1 is 0.929 bits per heavy atom. The average Bonchev–Trinajstić information content (AvgIpc) is 3.07. The van der Waals surface area contributed by atoms with Crippen LogP contribution in [0, 0.1) is 6.92 Å². The van der Waals surface area contributed by atoms with Gasteiger partial charge < -0.3 is 4.98 Å². The number of benzene rings is 3. The summed E-state index contributed by atoms with van der Waals surface area (Å²) in [5, 5.41) is 1.23. The fraction of sp³-hybridized carbons (Fsp3) is 0.0833. The number of allylic oxidation sites excluding steroid dienone is 1. The van der Waals surface area contributed by atoms with Crippen molar-refractivity contribution in [3.63, 3.8) is 0 Å². The first-order valence-corrected chi connectivity index (χ1v) is 11.4. The molecule has 0 bridgehead atoms. The van der Waals surface area contributed by atoms with Crippen molar-refractivity contribution in [3.05, 3.63) is 103 Å². The molecular weight excluding hydrogens is 494 g/mol. The zero-order valence-corrected chi connectivity index (χ0v) is 19.4. The molecule has 4 rings (SSSR count). The van der Waals surface area contributed by atoms with Gasteiger partial charge in [-0.25, -0.2) is 0 Å². The number of halogens is 2. The Labute approximate surface area is 186 Å². The molecule has 0 unspecified atom stereocenters. The van der Waals surface area contributed by atoms with Crippen LogP contribution >= 0.6 is 43.6 Å². The van der Waals surface area contributed by atoms with Crippen LogP contribution < -0.4 is 0 Å². The smallest absolute Gasteiger partial charge is 0.0460 e. The molecule has 0 spiro atoms. The van der Waals surface area contributed by atoms with Crippen LogP contribution in [-0.2, 0) is 6.42 Å². The first-order chi connectivity index (χ1) is 13.6. The van der Waals surface area contributed by atoms with Crippen LogP contribution in [0.25, 0.3) is 17.0 Å². The molecule has 4 aromatic rings. The summed E-state index contributed by atoms with van der Waals surface area (Å²) in [5.41, 5.74) is 4.94. The minimum absolute atomic E-state index is 0.895. The van der Waals surface area contributed by atoms with Crippen molar-refractivity contribution in [2.24, 2.45) is 0 Å². The molecule has 28 heavy (non-hydrogen) atoms. The van der Waals surface area contributed by atoms with Gasteiger partial charge >= 0.3 is 0 Å². The predicted octanol–water partition coefficient (Wildman–Crippen LogP) is 8.38. The van der Waals surface area contributed by atoms with Gasteiger partial charge in [0.2, 0.25) is 0 Å². The first kappa shape index (κ1) is 19.6. The van der Waals surface area contributed by atoms with Gasteiger partial charge in [0.1, 0.15) is 0 Å². The fourth-order valence-corrected chi connectivity index (χ4v) is 4.71. The van der Waals surface area contributed by atoms with Crippen molar-refractivity contribution < 1.29 is 0 Å². The van der Waals surface area contributed by atoms with Gasteiger partial charge in [0.15, 0.2) is 0 Å². The number of aryl methyl sites for hydroxylation is 1. The lowest BCUT2D eigenvalue weighted by atomic mass is 10.1. The van der Waals surface area contributed by atoms with E-state index in [1.807, 2.05) is 11.8 Å². The maximum atomic E-state index is 3.59. The molecule has 1 aromatic heterocycles. The monoisotopic (exact) mass is 511 g/mol. The third-order valence-electron chi connectivity index (χ3n) is 4.55. The van der Waals surface area contributed by atoms with Gasteiger partial charge in [0.05, 0.1) is 0 Å². The fourth-order valence-electron chi connectivity index (χ4n) is 3.08. The quantitative estimate of drug-likeness (QED) is 0.265. The minimum atomic E-state index is 0.895. The Kier molecular flexibility index (Phi) is 6.10. The van der Waals surface area contributed by atoms with Crippen LogP contribution in [-0.4, -0.2) is 4.98 Å². The van der Waals surface area contributed by atoms with Crippen LogP contribution in [0.4, 0.5) is 0 Å². The number of aromatic nitrogens is 1. The molecule has 4 heteroatoms. The number of fused-ring (bicyclic) bond motifs is 1. The maximum absolute atomic E-state index is 3.59. The molecule has 0 atom stereocenters. The maximum Gasteiger partial charge on any atom is 0.0460 e. The van der Waals surface area contributed by atoms with Crippen molar-refractivity contribution in [1.82, 2.24) is 4.98 Å². The number of aromatic amines is 1. The lowest BCUT2D eigenvalue weighted by molar-refractivity contribution is 1.25. The Morgan fingerprint density at radius 3 is 2.39 bits per heavy atom. The van der Waals surface area contributed by atoms with Crippen LogP contribution in [0.3, 0.4) is 0 Å². The highest BCUT2D eigenvalue weighted by Gasteiger charge is 2.08. The van der Waals surface area contributed by atoms with Gasteiger partial charge in [-0.15, -0.1) is 0 Å². The molecule has 140 valence electrons. The standard InChI is InChI=1S/C24H19Br2NS/c1-16-2-9-21(10-3-16)28-22(12-17-4-6-19(25)7-5-17)13-18-15-27-24-11-8-20(26)14-23(18)24/h2-11,13-15,27H,12H2,1H3/b22-13+. The molecule has 0 saturated heterocycles. The summed E-state index contributed by atoms with van der Waals surface area (Å²) in [6.45, 7) is 2.12. The van der Waals surface area contributed by atoms with Crippen LogP contribution in [0.15, 0.2) is 91.7 Å². The zero-order valence-electron chi connectivity index (χ0n) is 15.4. The summed E-state index contributed by atoms with van der Waals surface area (Å²) >= 11 is 8.95. The molecule has 0 fully saturated rings. The van der Waals surface area contributed by atoms with Crippen LogP contribution in [0.5, 0.6) is 0 Å². The minimum Gasteiger partial charge on any atom is -0.361 e. The molecule has 0 radical (unpaired) electrons. The van der Waals surface area contributed by atoms with Crippen molar-refractivity contribution in [3.8, 4) is 0 Å². The molecule has 1 N–H and O–H groups in total. The lowest BCUT2D eigenvalue weighted by Gasteiger charge is -2.09. The second kappa shape index (κ2) is 8.73. The van der Waals surface area contributed by atoms with Crippen molar-refractivity contribution in [2.75, 3.05) is 0 Å². The van der Waals surface area contributed by atoms with Crippen molar-refractivity contribution >= 4 is 60.6 Å². The van der Waals surface area contributed by atoms with Gasteiger partial charge in [-0.2, -0.15) is 0 Å². The van der Waals surface area contributed by atoms with E-state index in [9.17, 15) is 0 Å². The highest BCUT2D eigenvalue weighted by molar-refractivity contribution is 9.10. The van der Waals surface area contributed by atoms with Gasteiger partial charge in [0, 0.05) is 42.9 Å². The van der Waals surface area contributed by atoms with E-state index in [0.29, 0.717) is 0 Å². The summed E-state index contributed by atoms with van der Waals surface area (Å²) in [4.78, 5) is 5.95. The number of rotatable bonds is 5. The Morgan fingerprint density at radius 2 is 1.64 bits per heavy atom. The zero-order chi connectivity index (χ0) is 19.5. The molecule has 0 aliphatic carbocycles. The van der Waals surface area contributed by atoms with E-state index in [4.69, 9.17) is 0 Å².